The largest absolute Gasteiger partial charge is 0.457 e. The van der Waals surface area contributed by atoms with Crippen LogP contribution < -0.4 is 5.32 Å². The van der Waals surface area contributed by atoms with Gasteiger partial charge in [0.05, 0.1) is 18.1 Å². The van der Waals surface area contributed by atoms with E-state index in [-0.39, 0.29) is 50.9 Å². The second kappa shape index (κ2) is 12.7. The van der Waals surface area contributed by atoms with Crippen LogP contribution in [0.4, 0.5) is 9.59 Å². The van der Waals surface area contributed by atoms with Crippen molar-refractivity contribution >= 4 is 24.1 Å². The minimum Gasteiger partial charge on any atom is -0.457 e. The number of nitrogens with zero attached hydrogens (tertiary/aromatic N) is 2. The fourth-order valence-corrected chi connectivity index (χ4v) is 4.19. The number of β-lactam (4-membered cyclic amide) rings is 1. The average molecular weight is 492 g/mol. The van der Waals surface area contributed by atoms with Crippen molar-refractivity contribution < 1.29 is 38.5 Å². The van der Waals surface area contributed by atoms with Gasteiger partial charge in [0.2, 0.25) is 5.91 Å². The van der Waals surface area contributed by atoms with Gasteiger partial charge in [-0.15, -0.1) is 0 Å². The molecule has 2 rings (SSSR count). The summed E-state index contributed by atoms with van der Waals surface area (Å²) in [6.07, 6.45) is 2.28. The Hall–Kier alpha value is -3.60. The predicted octanol–water partition coefficient (Wildman–Crippen LogP) is 1.36. The van der Waals surface area contributed by atoms with E-state index in [1.807, 2.05) is 0 Å². The van der Waals surface area contributed by atoms with Crippen LogP contribution in [0.3, 0.4) is 0 Å². The molecule has 2 heterocycles. The topological polar surface area (TPSA) is 135 Å². The molecule has 192 valence electrons. The number of esters is 1. The highest BCUT2D eigenvalue weighted by atomic mass is 16.6. The Morgan fingerprint density at radius 2 is 1.74 bits per heavy atom. The fraction of sp³-hybridized carbons (Fsp3) is 0.500. The fourth-order valence-electron chi connectivity index (χ4n) is 4.19. The van der Waals surface area contributed by atoms with Crippen LogP contribution in [-0.2, 0) is 23.8 Å². The molecule has 0 aromatic heterocycles. The normalized spacial score (nSPS) is 20.1. The Kier molecular flexibility index (Phi) is 10.1. The lowest BCUT2D eigenvalue weighted by Gasteiger charge is -2.44. The number of fused-ring (bicyclic) bond motifs is 1. The summed E-state index contributed by atoms with van der Waals surface area (Å²) in [6, 6.07) is -0.433. The maximum Gasteiger partial charge on any atom is 0.409 e. The van der Waals surface area contributed by atoms with Crippen LogP contribution in [0.25, 0.3) is 0 Å². The molecule has 35 heavy (non-hydrogen) atoms. The van der Waals surface area contributed by atoms with Crippen LogP contribution >= 0.6 is 0 Å². The molecule has 0 unspecified atom stereocenters. The number of hydrogen-bond donors (Lipinski definition) is 2. The molecule has 2 N–H and O–H groups in total. The summed E-state index contributed by atoms with van der Waals surface area (Å²) in [5, 5.41) is 12.7. The van der Waals surface area contributed by atoms with E-state index >= 15 is 0 Å². The molecular weight excluding hydrogens is 458 g/mol. The standard InChI is InChI=1S/C24H33N3O8/c1-6-9-33-22(30)20-17(12-18-19(15(4)28)21(29)27(18)20)16(13-25-23(31)34-10-7-2)14-26(5)24(32)35-11-8-3/h6-8,15-16,18-19,28H,1-3,9-14H2,4-5H3,(H,25,31)/t15-,16+,18-,19-/m1/s1. The molecule has 0 aromatic rings. The van der Waals surface area contributed by atoms with Gasteiger partial charge in [-0.25, -0.2) is 14.4 Å². The van der Waals surface area contributed by atoms with E-state index in [1.54, 1.807) is 0 Å². The van der Waals surface area contributed by atoms with Gasteiger partial charge >= 0.3 is 18.2 Å². The molecule has 0 radical (unpaired) electrons. The van der Waals surface area contributed by atoms with E-state index in [1.165, 1.54) is 42.0 Å². The zero-order valence-corrected chi connectivity index (χ0v) is 20.1. The highest BCUT2D eigenvalue weighted by Crippen LogP contribution is 2.46. The number of ether oxygens (including phenoxy) is 3. The molecule has 2 aliphatic heterocycles. The lowest BCUT2D eigenvalue weighted by molar-refractivity contribution is -0.162. The first-order chi connectivity index (χ1) is 16.7. The van der Waals surface area contributed by atoms with Gasteiger partial charge < -0.3 is 34.4 Å². The van der Waals surface area contributed by atoms with E-state index in [2.05, 4.69) is 25.1 Å². The Morgan fingerprint density at radius 1 is 1.14 bits per heavy atom. The maximum atomic E-state index is 12.9. The first-order valence-electron chi connectivity index (χ1n) is 11.2. The summed E-state index contributed by atoms with van der Waals surface area (Å²) >= 11 is 0. The Balaban J connectivity index is 2.37. The number of aliphatic hydroxyl groups is 1. The quantitative estimate of drug-likeness (QED) is 0.171. The second-order valence-electron chi connectivity index (χ2n) is 8.22. The van der Waals surface area contributed by atoms with Gasteiger partial charge in [0, 0.05) is 26.1 Å². The van der Waals surface area contributed by atoms with Gasteiger partial charge in [-0.3, -0.25) is 4.79 Å². The summed E-state index contributed by atoms with van der Waals surface area (Å²) in [7, 11) is 1.51. The SMILES string of the molecule is C=CCOC(=O)NC[C@@H](CN(C)C(=O)OCC=C)C1=C(C(=O)OCC=C)N2C(=O)[C@H]([C@@H](C)O)[C@H]2C1. The van der Waals surface area contributed by atoms with Crippen LogP contribution in [0.5, 0.6) is 0 Å². The smallest absolute Gasteiger partial charge is 0.409 e. The number of carbonyl (C=O) groups is 4. The van der Waals surface area contributed by atoms with Gasteiger partial charge in [-0.1, -0.05) is 38.0 Å². The van der Waals surface area contributed by atoms with Gasteiger partial charge in [0.25, 0.3) is 0 Å². The number of carbonyl (C=O) groups excluding carboxylic acids is 4. The monoisotopic (exact) mass is 491 g/mol. The highest BCUT2D eigenvalue weighted by Gasteiger charge is 2.57. The van der Waals surface area contributed by atoms with Crippen LogP contribution in [0, 0.1) is 11.8 Å². The molecule has 0 aromatic carbocycles. The summed E-state index contributed by atoms with van der Waals surface area (Å²) in [6.45, 7) is 12.1. The minimum absolute atomic E-state index is 0.00325. The Morgan fingerprint density at radius 3 is 2.34 bits per heavy atom. The van der Waals surface area contributed by atoms with Crippen LogP contribution in [0.2, 0.25) is 0 Å². The van der Waals surface area contributed by atoms with E-state index in [4.69, 9.17) is 14.2 Å². The molecule has 4 atom stereocenters. The molecule has 3 amide bonds. The maximum absolute atomic E-state index is 12.9. The number of alkyl carbamates (subject to hydrolysis) is 1. The van der Waals surface area contributed by atoms with Crippen molar-refractivity contribution in [1.82, 2.24) is 15.1 Å². The summed E-state index contributed by atoms with van der Waals surface area (Å²) in [5.74, 6) is -2.37. The van der Waals surface area contributed by atoms with Crippen molar-refractivity contribution in [1.29, 1.82) is 0 Å². The van der Waals surface area contributed by atoms with Gasteiger partial charge in [0.15, 0.2) is 0 Å². The van der Waals surface area contributed by atoms with Gasteiger partial charge in [-0.05, 0) is 18.9 Å². The third kappa shape index (κ3) is 6.50. The van der Waals surface area contributed by atoms with Crippen molar-refractivity contribution in [2.24, 2.45) is 11.8 Å². The van der Waals surface area contributed by atoms with Gasteiger partial charge in [0.1, 0.15) is 25.5 Å². The molecule has 11 nitrogen and oxygen atoms in total. The van der Waals surface area contributed by atoms with Gasteiger partial charge in [-0.2, -0.15) is 0 Å². The van der Waals surface area contributed by atoms with Crippen molar-refractivity contribution in [2.45, 2.75) is 25.5 Å². The number of aliphatic hydroxyl groups excluding tert-OH is 1. The van der Waals surface area contributed by atoms with Crippen LogP contribution in [0.1, 0.15) is 13.3 Å². The highest BCUT2D eigenvalue weighted by molar-refractivity contribution is 6.00. The lowest BCUT2D eigenvalue weighted by Crippen LogP contribution is -2.61. The molecule has 0 bridgehead atoms. The van der Waals surface area contributed by atoms with Crippen LogP contribution in [0.15, 0.2) is 49.2 Å². The van der Waals surface area contributed by atoms with E-state index < -0.39 is 42.1 Å². The number of nitrogens with one attached hydrogen (secondary N) is 1. The van der Waals surface area contributed by atoms with E-state index in [0.717, 1.165) is 0 Å². The molecule has 1 fully saturated rings. The molecule has 11 heteroatoms. The second-order valence-corrected chi connectivity index (χ2v) is 8.22. The van der Waals surface area contributed by atoms with Crippen LogP contribution in [-0.4, -0.2) is 91.1 Å². The zero-order valence-electron chi connectivity index (χ0n) is 20.1. The molecule has 0 saturated carbocycles. The first kappa shape index (κ1) is 27.6. The Labute approximate surface area is 204 Å². The first-order valence-corrected chi connectivity index (χ1v) is 11.2. The van der Waals surface area contributed by atoms with Crippen molar-refractivity contribution in [3.63, 3.8) is 0 Å². The van der Waals surface area contributed by atoms with Crippen molar-refractivity contribution in [2.75, 3.05) is 40.0 Å². The number of rotatable bonds is 13. The minimum atomic E-state index is -0.907. The summed E-state index contributed by atoms with van der Waals surface area (Å²) in [5.41, 5.74) is 0.575. The van der Waals surface area contributed by atoms with E-state index in [0.29, 0.717) is 5.57 Å². The third-order valence-electron chi connectivity index (χ3n) is 5.74. The third-order valence-corrected chi connectivity index (χ3v) is 5.74. The zero-order chi connectivity index (χ0) is 26.1. The average Bonchev–Trinajstić information content (AvgIpc) is 3.16. The number of hydrogen-bond acceptors (Lipinski definition) is 8. The molecule has 0 aliphatic carbocycles. The predicted molar refractivity (Wildman–Crippen MR) is 126 cm³/mol. The molecule has 2 aliphatic rings. The summed E-state index contributed by atoms with van der Waals surface area (Å²) < 4.78 is 15.3. The van der Waals surface area contributed by atoms with Crippen molar-refractivity contribution in [3.8, 4) is 0 Å². The summed E-state index contributed by atoms with van der Waals surface area (Å²) in [4.78, 5) is 52.8. The Bertz CT molecular complexity index is 897. The van der Waals surface area contributed by atoms with E-state index in [9.17, 15) is 24.3 Å². The molecule has 0 spiro atoms. The number of amides is 3. The lowest BCUT2D eigenvalue weighted by atomic mass is 9.82. The molecule has 1 saturated heterocycles. The van der Waals surface area contributed by atoms with Crippen molar-refractivity contribution in [3.05, 3.63) is 49.2 Å². The molecular formula is C24H33N3O8.